The first kappa shape index (κ1) is 14.7. The quantitative estimate of drug-likeness (QED) is 0.855. The van der Waals surface area contributed by atoms with Gasteiger partial charge in [0, 0.05) is 18.6 Å². The third-order valence-electron chi connectivity index (χ3n) is 2.75. The molecule has 0 amide bonds. The molecule has 0 aromatic heterocycles. The van der Waals surface area contributed by atoms with E-state index in [2.05, 4.69) is 15.9 Å². The first-order valence-electron chi connectivity index (χ1n) is 5.58. The lowest BCUT2D eigenvalue weighted by Crippen LogP contribution is -2.23. The van der Waals surface area contributed by atoms with E-state index in [1.54, 1.807) is 20.2 Å². The molecule has 17 heavy (non-hydrogen) atoms. The molecule has 0 aliphatic heterocycles. The molecule has 0 saturated heterocycles. The van der Waals surface area contributed by atoms with Crippen LogP contribution in [0.3, 0.4) is 0 Å². The molecule has 0 radical (unpaired) electrons. The van der Waals surface area contributed by atoms with Gasteiger partial charge in [-0.3, -0.25) is 0 Å². The second kappa shape index (κ2) is 5.50. The average Bonchev–Trinajstić information content (AvgIpc) is 2.27. The van der Waals surface area contributed by atoms with Crippen LogP contribution < -0.4 is 0 Å². The Hall–Kier alpha value is -0.390. The van der Waals surface area contributed by atoms with Crippen LogP contribution >= 0.6 is 15.9 Å². The van der Waals surface area contributed by atoms with Gasteiger partial charge in [0.25, 0.3) is 0 Å². The second-order valence-electron chi connectivity index (χ2n) is 4.05. The highest BCUT2D eigenvalue weighted by Gasteiger charge is 2.21. The van der Waals surface area contributed by atoms with Crippen LogP contribution in [0, 0.1) is 0 Å². The fourth-order valence-electron chi connectivity index (χ4n) is 1.62. The molecule has 0 bridgehead atoms. The minimum absolute atomic E-state index is 0.421. The fourth-order valence-corrected chi connectivity index (χ4v) is 3.51. The van der Waals surface area contributed by atoms with Crippen molar-refractivity contribution in [3.8, 4) is 0 Å². The summed E-state index contributed by atoms with van der Waals surface area (Å²) in [5, 5.41) is 0. The highest BCUT2D eigenvalue weighted by Crippen LogP contribution is 2.27. The maximum atomic E-state index is 12.2. The monoisotopic (exact) mass is 319 g/mol. The largest absolute Gasteiger partial charge is 0.242 e. The van der Waals surface area contributed by atoms with E-state index in [0.717, 1.165) is 22.0 Å². The van der Waals surface area contributed by atoms with Crippen molar-refractivity contribution in [2.24, 2.45) is 0 Å². The number of hydrogen-bond acceptors (Lipinski definition) is 2. The van der Waals surface area contributed by atoms with Crippen molar-refractivity contribution in [2.75, 3.05) is 14.1 Å². The maximum absolute atomic E-state index is 12.2. The number of nitrogens with zero attached hydrogens (tertiary/aromatic N) is 1. The molecule has 1 aromatic carbocycles. The van der Waals surface area contributed by atoms with E-state index in [4.69, 9.17) is 0 Å². The zero-order chi connectivity index (χ0) is 13.2. The first-order valence-corrected chi connectivity index (χ1v) is 7.81. The van der Waals surface area contributed by atoms with Gasteiger partial charge in [-0.2, -0.15) is 0 Å². The summed E-state index contributed by atoms with van der Waals surface area (Å²) in [5.74, 6) is 0. The summed E-state index contributed by atoms with van der Waals surface area (Å²) in [5.41, 5.74) is 1.87. The van der Waals surface area contributed by atoms with Crippen LogP contribution in [0.5, 0.6) is 0 Å². The van der Waals surface area contributed by atoms with E-state index in [-0.39, 0.29) is 0 Å². The van der Waals surface area contributed by atoms with Gasteiger partial charge in [-0.1, -0.05) is 29.8 Å². The van der Waals surface area contributed by atoms with Gasteiger partial charge in [0.2, 0.25) is 10.0 Å². The Morgan fingerprint density at radius 2 is 1.65 bits per heavy atom. The van der Waals surface area contributed by atoms with Crippen LogP contribution in [0.15, 0.2) is 21.5 Å². The van der Waals surface area contributed by atoms with Crippen molar-refractivity contribution >= 4 is 26.0 Å². The molecule has 0 aliphatic carbocycles. The molecule has 0 heterocycles. The van der Waals surface area contributed by atoms with Crippen molar-refractivity contribution in [3.63, 3.8) is 0 Å². The maximum Gasteiger partial charge on any atom is 0.242 e. The molecule has 1 rings (SSSR count). The zero-order valence-corrected chi connectivity index (χ0v) is 13.0. The molecule has 96 valence electrons. The predicted molar refractivity (Wildman–Crippen MR) is 73.8 cm³/mol. The third-order valence-corrected chi connectivity index (χ3v) is 5.39. The molecule has 0 spiro atoms. The molecule has 3 nitrogen and oxygen atoms in total. The van der Waals surface area contributed by atoms with E-state index >= 15 is 0 Å². The summed E-state index contributed by atoms with van der Waals surface area (Å²) >= 11 is 3.48. The third kappa shape index (κ3) is 2.89. The van der Waals surface area contributed by atoms with E-state index in [9.17, 15) is 8.42 Å². The van der Waals surface area contributed by atoms with Gasteiger partial charge in [0.15, 0.2) is 0 Å². The summed E-state index contributed by atoms with van der Waals surface area (Å²) in [7, 11) is -0.241. The average molecular weight is 320 g/mol. The normalized spacial score (nSPS) is 12.1. The van der Waals surface area contributed by atoms with Crippen LogP contribution in [0.25, 0.3) is 0 Å². The van der Waals surface area contributed by atoms with E-state index in [0.29, 0.717) is 11.3 Å². The molecular formula is C12H18BrNO2S. The number of sulfonamides is 1. The summed E-state index contributed by atoms with van der Waals surface area (Å²) < 4.78 is 26.6. The summed E-state index contributed by atoms with van der Waals surface area (Å²) in [6.07, 6.45) is 1.51. The summed E-state index contributed by atoms with van der Waals surface area (Å²) in [6, 6.07) is 3.69. The number of halogens is 1. The summed E-state index contributed by atoms with van der Waals surface area (Å²) in [6.45, 7) is 3.97. The second-order valence-corrected chi connectivity index (χ2v) is 7.02. The SMILES string of the molecule is CCc1cc(S(=O)(=O)N(C)C)c(CC)cc1Br. The molecule has 0 N–H and O–H groups in total. The standard InChI is InChI=1S/C12H18BrNO2S/c1-5-9-8-12(17(15,16)14(3)4)10(6-2)7-11(9)13/h7-8H,5-6H2,1-4H3. The zero-order valence-electron chi connectivity index (χ0n) is 10.6. The molecular weight excluding hydrogens is 302 g/mol. The Morgan fingerprint density at radius 3 is 2.06 bits per heavy atom. The Morgan fingerprint density at radius 1 is 1.12 bits per heavy atom. The Kier molecular flexibility index (Phi) is 4.75. The molecule has 5 heteroatoms. The van der Waals surface area contributed by atoms with E-state index in [1.807, 2.05) is 19.9 Å². The van der Waals surface area contributed by atoms with Crippen LogP contribution in [-0.4, -0.2) is 26.8 Å². The van der Waals surface area contributed by atoms with Gasteiger partial charge in [0.05, 0.1) is 4.90 Å². The summed E-state index contributed by atoms with van der Waals surface area (Å²) in [4.78, 5) is 0.421. The van der Waals surface area contributed by atoms with Crippen LogP contribution in [0.2, 0.25) is 0 Å². The van der Waals surface area contributed by atoms with Crippen LogP contribution in [-0.2, 0) is 22.9 Å². The lowest BCUT2D eigenvalue weighted by atomic mass is 10.1. The Labute approximate surface area is 112 Å². The Bertz CT molecular complexity index is 509. The topological polar surface area (TPSA) is 37.4 Å². The molecule has 0 saturated carbocycles. The molecule has 0 fully saturated rings. The first-order chi connectivity index (χ1) is 7.84. The highest BCUT2D eigenvalue weighted by atomic mass is 79.9. The van der Waals surface area contributed by atoms with Crippen LogP contribution in [0.4, 0.5) is 0 Å². The van der Waals surface area contributed by atoms with Crippen molar-refractivity contribution in [1.82, 2.24) is 4.31 Å². The number of hydrogen-bond donors (Lipinski definition) is 0. The fraction of sp³-hybridized carbons (Fsp3) is 0.500. The van der Waals surface area contributed by atoms with Gasteiger partial charge in [-0.25, -0.2) is 12.7 Å². The van der Waals surface area contributed by atoms with E-state index < -0.39 is 10.0 Å². The van der Waals surface area contributed by atoms with Crippen molar-refractivity contribution in [2.45, 2.75) is 31.6 Å². The van der Waals surface area contributed by atoms with Crippen molar-refractivity contribution in [3.05, 3.63) is 27.7 Å². The van der Waals surface area contributed by atoms with E-state index in [1.165, 1.54) is 4.31 Å². The van der Waals surface area contributed by atoms with Gasteiger partial charge < -0.3 is 0 Å². The van der Waals surface area contributed by atoms with Gasteiger partial charge >= 0.3 is 0 Å². The highest BCUT2D eigenvalue weighted by molar-refractivity contribution is 9.10. The van der Waals surface area contributed by atoms with Gasteiger partial charge in [0.1, 0.15) is 0 Å². The minimum atomic E-state index is -3.36. The Balaban J connectivity index is 3.52. The van der Waals surface area contributed by atoms with Gasteiger partial charge in [-0.15, -0.1) is 0 Å². The van der Waals surface area contributed by atoms with Crippen molar-refractivity contribution < 1.29 is 8.42 Å². The number of benzene rings is 1. The predicted octanol–water partition coefficient (Wildman–Crippen LogP) is 2.82. The number of aryl methyl sites for hydroxylation is 2. The van der Waals surface area contributed by atoms with Crippen molar-refractivity contribution in [1.29, 1.82) is 0 Å². The molecule has 0 atom stereocenters. The lowest BCUT2D eigenvalue weighted by molar-refractivity contribution is 0.519. The van der Waals surface area contributed by atoms with Gasteiger partial charge in [-0.05, 0) is 36.1 Å². The molecule has 0 unspecified atom stereocenters. The number of rotatable bonds is 4. The lowest BCUT2D eigenvalue weighted by Gasteiger charge is -2.16. The molecule has 0 aliphatic rings. The minimum Gasteiger partial charge on any atom is -0.207 e. The smallest absolute Gasteiger partial charge is 0.207 e. The molecule has 1 aromatic rings. The van der Waals surface area contributed by atoms with Crippen LogP contribution in [0.1, 0.15) is 25.0 Å².